The smallest absolute Gasteiger partial charge is 0.266 e. The predicted octanol–water partition coefficient (Wildman–Crippen LogP) is 3.83. The molecule has 0 aliphatic carbocycles. The van der Waals surface area contributed by atoms with Gasteiger partial charge in [0, 0.05) is 31.6 Å². The van der Waals surface area contributed by atoms with Crippen LogP contribution >= 0.6 is 0 Å². The van der Waals surface area contributed by atoms with Crippen molar-refractivity contribution < 1.29 is 28.8 Å². The van der Waals surface area contributed by atoms with Gasteiger partial charge < -0.3 is 24.1 Å². The lowest BCUT2D eigenvalue weighted by molar-refractivity contribution is -0.129. The number of hydrazine groups is 1. The Labute approximate surface area is 227 Å². The van der Waals surface area contributed by atoms with Crippen LogP contribution in [0.2, 0.25) is 0 Å². The Morgan fingerprint density at radius 1 is 1.10 bits per heavy atom. The van der Waals surface area contributed by atoms with E-state index < -0.39 is 11.6 Å². The molecule has 2 aliphatic heterocycles. The molecule has 9 nitrogen and oxygen atoms in total. The highest BCUT2D eigenvalue weighted by atomic mass is 16.7. The van der Waals surface area contributed by atoms with Gasteiger partial charge in [0.2, 0.25) is 12.7 Å². The molecule has 0 saturated heterocycles. The van der Waals surface area contributed by atoms with E-state index in [1.807, 2.05) is 72.8 Å². The van der Waals surface area contributed by atoms with Gasteiger partial charge in [-0.2, -0.15) is 0 Å². The van der Waals surface area contributed by atoms with Gasteiger partial charge in [0.15, 0.2) is 23.1 Å². The van der Waals surface area contributed by atoms with Crippen molar-refractivity contribution in [3.8, 4) is 17.2 Å². The minimum absolute atomic E-state index is 0.0720. The average Bonchev–Trinajstić information content (AvgIpc) is 3.60. The average molecular weight is 530 g/mol. The number of benzene rings is 3. The first-order valence-corrected chi connectivity index (χ1v) is 12.8. The van der Waals surface area contributed by atoms with Crippen molar-refractivity contribution in [1.82, 2.24) is 10.9 Å². The predicted molar refractivity (Wildman–Crippen MR) is 146 cm³/mol. The number of rotatable bonds is 12. The van der Waals surface area contributed by atoms with Gasteiger partial charge in [0.05, 0.1) is 6.61 Å². The van der Waals surface area contributed by atoms with Crippen molar-refractivity contribution in [1.29, 1.82) is 0 Å². The molecule has 0 radical (unpaired) electrons. The maximum atomic E-state index is 13.8. The summed E-state index contributed by atoms with van der Waals surface area (Å²) in [6.45, 7) is 4.97. The summed E-state index contributed by atoms with van der Waals surface area (Å²) in [7, 11) is 0. The first kappa shape index (κ1) is 26.3. The molecule has 0 fully saturated rings. The monoisotopic (exact) mass is 529 g/mol. The van der Waals surface area contributed by atoms with Gasteiger partial charge in [0.25, 0.3) is 5.91 Å². The van der Waals surface area contributed by atoms with Gasteiger partial charge in [-0.3, -0.25) is 10.2 Å². The number of aliphatic hydroxyl groups excluding tert-OH is 1. The van der Waals surface area contributed by atoms with Crippen molar-refractivity contribution in [2.24, 2.45) is 4.99 Å². The van der Waals surface area contributed by atoms with Gasteiger partial charge in [-0.15, -0.1) is 6.58 Å². The molecule has 3 aromatic rings. The van der Waals surface area contributed by atoms with Crippen molar-refractivity contribution in [3.63, 3.8) is 0 Å². The number of aliphatic imine (C=N–C) groups is 1. The van der Waals surface area contributed by atoms with Crippen molar-refractivity contribution in [2.45, 2.75) is 31.0 Å². The van der Waals surface area contributed by atoms with Gasteiger partial charge in [-0.1, -0.05) is 42.5 Å². The van der Waals surface area contributed by atoms with E-state index in [0.29, 0.717) is 42.7 Å². The van der Waals surface area contributed by atoms with E-state index in [9.17, 15) is 4.79 Å². The maximum Gasteiger partial charge on any atom is 0.266 e. The molecule has 39 heavy (non-hydrogen) atoms. The highest BCUT2D eigenvalue weighted by molar-refractivity contribution is 6.01. The zero-order valence-corrected chi connectivity index (χ0v) is 21.5. The van der Waals surface area contributed by atoms with Crippen LogP contribution in [0.1, 0.15) is 35.6 Å². The molecule has 0 bridgehead atoms. The topological polar surface area (TPSA) is 111 Å². The van der Waals surface area contributed by atoms with Crippen LogP contribution in [0, 0.1) is 0 Å². The zero-order chi connectivity index (χ0) is 27.1. The van der Waals surface area contributed by atoms with Crippen LogP contribution in [0.25, 0.3) is 0 Å². The van der Waals surface area contributed by atoms with Crippen LogP contribution in [-0.4, -0.2) is 42.5 Å². The van der Waals surface area contributed by atoms with Crippen LogP contribution in [-0.2, 0) is 16.1 Å². The molecule has 2 heterocycles. The molecule has 202 valence electrons. The molecule has 0 saturated carbocycles. The van der Waals surface area contributed by atoms with Crippen LogP contribution in [0.3, 0.4) is 0 Å². The molecule has 0 unspecified atom stereocenters. The minimum Gasteiger partial charge on any atom is -0.494 e. The molecule has 3 N–H and O–H groups in total. The number of carbonyl (C=O) groups excluding carboxylic acids is 1. The fraction of sp³-hybridized carbons (Fsp3) is 0.267. The Bertz CT molecular complexity index is 1330. The van der Waals surface area contributed by atoms with E-state index in [1.165, 1.54) is 0 Å². The Kier molecular flexibility index (Phi) is 8.10. The molecule has 2 aliphatic rings. The van der Waals surface area contributed by atoms with E-state index in [1.54, 1.807) is 6.08 Å². The van der Waals surface area contributed by atoms with Gasteiger partial charge in [-0.05, 0) is 47.5 Å². The zero-order valence-electron chi connectivity index (χ0n) is 21.5. The summed E-state index contributed by atoms with van der Waals surface area (Å²) >= 11 is 0. The summed E-state index contributed by atoms with van der Waals surface area (Å²) in [5.74, 6) is 2.08. The Morgan fingerprint density at radius 3 is 2.67 bits per heavy atom. The summed E-state index contributed by atoms with van der Waals surface area (Å²) in [4.78, 5) is 18.7. The lowest BCUT2D eigenvalue weighted by Crippen LogP contribution is -2.52. The number of ether oxygens (including phenoxy) is 4. The second-order valence-corrected chi connectivity index (χ2v) is 9.19. The molecule has 1 amide bonds. The van der Waals surface area contributed by atoms with Gasteiger partial charge >= 0.3 is 0 Å². The minimum atomic E-state index is -1.28. The largest absolute Gasteiger partial charge is 0.494 e. The van der Waals surface area contributed by atoms with Crippen LogP contribution in [0.4, 0.5) is 0 Å². The number of aliphatic hydroxyl groups is 1. The molecule has 0 aromatic heterocycles. The van der Waals surface area contributed by atoms with E-state index in [-0.39, 0.29) is 25.7 Å². The standard InChI is InChI=1S/C30H31N3O6/c1-2-15-30(29(35)33-31-19-21-9-14-25-26(18-21)38-20-37-25)27(22-7-4-3-5-8-22)39-28(32-30)23-10-12-24(13-11-23)36-17-6-16-34/h2-5,7-14,18,27,31,34H,1,6,15-17,19-20H2,(H,33,35)/t27-,30-/m0/s1. The molecule has 2 atom stereocenters. The van der Waals surface area contributed by atoms with Crippen molar-refractivity contribution in [3.05, 3.63) is 102 Å². The second-order valence-electron chi connectivity index (χ2n) is 9.19. The van der Waals surface area contributed by atoms with Crippen LogP contribution in [0.5, 0.6) is 17.2 Å². The van der Waals surface area contributed by atoms with E-state index >= 15 is 0 Å². The lowest BCUT2D eigenvalue weighted by atomic mass is 9.84. The Balaban J connectivity index is 1.37. The number of nitrogens with zero attached hydrogens (tertiary/aromatic N) is 1. The van der Waals surface area contributed by atoms with Gasteiger partial charge in [0.1, 0.15) is 5.75 Å². The second kappa shape index (κ2) is 12.0. The number of amides is 1. The molecule has 9 heteroatoms. The summed E-state index contributed by atoms with van der Waals surface area (Å²) in [6.07, 6.45) is 1.83. The number of carbonyl (C=O) groups is 1. The van der Waals surface area contributed by atoms with E-state index in [0.717, 1.165) is 16.7 Å². The SMILES string of the molecule is C=CC[C@]1(C(=O)NNCc2ccc3c(c2)OCO3)N=C(c2ccc(OCCCO)cc2)O[C@H]1c1ccccc1. The van der Waals surface area contributed by atoms with Crippen molar-refractivity contribution >= 4 is 11.8 Å². The number of nitrogens with one attached hydrogen (secondary N) is 2. The number of fused-ring (bicyclic) bond motifs is 1. The lowest BCUT2D eigenvalue weighted by Gasteiger charge is -2.29. The summed E-state index contributed by atoms with van der Waals surface area (Å²) in [6, 6.07) is 22.5. The van der Waals surface area contributed by atoms with Crippen LogP contribution in [0.15, 0.2) is 90.4 Å². The third-order valence-corrected chi connectivity index (χ3v) is 6.52. The first-order chi connectivity index (χ1) is 19.1. The van der Waals surface area contributed by atoms with Crippen molar-refractivity contribution in [2.75, 3.05) is 20.0 Å². The molecule has 3 aromatic carbocycles. The molecule has 5 rings (SSSR count). The fourth-order valence-electron chi connectivity index (χ4n) is 4.55. The first-order valence-electron chi connectivity index (χ1n) is 12.8. The highest BCUT2D eigenvalue weighted by Gasteiger charge is 2.52. The highest BCUT2D eigenvalue weighted by Crippen LogP contribution is 2.42. The van der Waals surface area contributed by atoms with Crippen LogP contribution < -0.4 is 25.1 Å². The van der Waals surface area contributed by atoms with E-state index in [4.69, 9.17) is 29.0 Å². The third-order valence-electron chi connectivity index (χ3n) is 6.52. The molecule has 0 spiro atoms. The quantitative estimate of drug-likeness (QED) is 0.186. The fourth-order valence-corrected chi connectivity index (χ4v) is 4.55. The third kappa shape index (κ3) is 5.74. The summed E-state index contributed by atoms with van der Waals surface area (Å²) in [5, 5.41) is 8.97. The summed E-state index contributed by atoms with van der Waals surface area (Å²) in [5.41, 5.74) is 7.05. The molecular weight excluding hydrogens is 498 g/mol. The van der Waals surface area contributed by atoms with E-state index in [2.05, 4.69) is 17.4 Å². The summed E-state index contributed by atoms with van der Waals surface area (Å²) < 4.78 is 22.8. The normalized spacial score (nSPS) is 19.2. The van der Waals surface area contributed by atoms with Gasteiger partial charge in [-0.25, -0.2) is 10.4 Å². The maximum absolute atomic E-state index is 13.8. The Morgan fingerprint density at radius 2 is 1.90 bits per heavy atom. The molecular formula is C30H31N3O6. The Hall–Kier alpha value is -4.34. The number of hydrogen-bond acceptors (Lipinski definition) is 8. The number of hydrogen-bond donors (Lipinski definition) is 3.